The molecule has 1 aromatic heterocycles. The standard InChI is InChI=1S/C16H20N2O2S/c1-3-14(15-6-5-9-21-15)18-11-7-8-13(17)12(10-11)16(19)20-4-2/h5-10,14,18H,3-4,17H2,1-2H3. The predicted molar refractivity (Wildman–Crippen MR) is 87.8 cm³/mol. The Balaban J connectivity index is 2.20. The topological polar surface area (TPSA) is 64.3 Å². The fourth-order valence-corrected chi connectivity index (χ4v) is 2.96. The van der Waals surface area contributed by atoms with Crippen LogP contribution in [-0.4, -0.2) is 12.6 Å². The summed E-state index contributed by atoms with van der Waals surface area (Å²) in [6.45, 7) is 4.24. The third-order valence-electron chi connectivity index (χ3n) is 3.18. The van der Waals surface area contributed by atoms with Crippen molar-refractivity contribution in [3.8, 4) is 0 Å². The number of hydrogen-bond acceptors (Lipinski definition) is 5. The van der Waals surface area contributed by atoms with Gasteiger partial charge < -0.3 is 15.8 Å². The maximum Gasteiger partial charge on any atom is 0.340 e. The Morgan fingerprint density at radius 3 is 2.81 bits per heavy atom. The zero-order chi connectivity index (χ0) is 15.2. The molecule has 0 fully saturated rings. The zero-order valence-corrected chi connectivity index (χ0v) is 13.1. The largest absolute Gasteiger partial charge is 0.462 e. The van der Waals surface area contributed by atoms with Gasteiger partial charge in [0.1, 0.15) is 0 Å². The molecule has 5 heteroatoms. The number of carbonyl (C=O) groups excluding carboxylic acids is 1. The molecule has 2 rings (SSSR count). The van der Waals surface area contributed by atoms with Crippen LogP contribution in [0.15, 0.2) is 35.7 Å². The summed E-state index contributed by atoms with van der Waals surface area (Å²) in [6.07, 6.45) is 0.958. The highest BCUT2D eigenvalue weighted by Gasteiger charge is 2.14. The van der Waals surface area contributed by atoms with Crippen molar-refractivity contribution in [2.24, 2.45) is 0 Å². The molecule has 21 heavy (non-hydrogen) atoms. The highest BCUT2D eigenvalue weighted by molar-refractivity contribution is 7.10. The van der Waals surface area contributed by atoms with Gasteiger partial charge in [-0.1, -0.05) is 13.0 Å². The number of carbonyl (C=O) groups is 1. The number of nitrogens with two attached hydrogens (primary N) is 1. The van der Waals surface area contributed by atoms with Gasteiger partial charge in [-0.2, -0.15) is 0 Å². The van der Waals surface area contributed by atoms with Crippen molar-refractivity contribution in [1.82, 2.24) is 0 Å². The lowest BCUT2D eigenvalue weighted by Gasteiger charge is -2.18. The van der Waals surface area contributed by atoms with E-state index in [1.807, 2.05) is 12.1 Å². The van der Waals surface area contributed by atoms with E-state index in [4.69, 9.17) is 10.5 Å². The molecule has 1 atom stereocenters. The van der Waals surface area contributed by atoms with Crippen LogP contribution in [0.25, 0.3) is 0 Å². The molecule has 0 saturated carbocycles. The van der Waals surface area contributed by atoms with Gasteiger partial charge in [0.15, 0.2) is 0 Å². The Labute approximate surface area is 128 Å². The van der Waals surface area contributed by atoms with Crippen LogP contribution < -0.4 is 11.1 Å². The SMILES string of the molecule is CCOC(=O)c1cc(NC(CC)c2cccs2)ccc1N. The molecule has 0 saturated heterocycles. The number of rotatable bonds is 6. The molecule has 0 radical (unpaired) electrons. The van der Waals surface area contributed by atoms with Gasteiger partial charge in [0.05, 0.1) is 18.2 Å². The van der Waals surface area contributed by atoms with E-state index < -0.39 is 0 Å². The first-order chi connectivity index (χ1) is 10.2. The van der Waals surface area contributed by atoms with E-state index in [0.29, 0.717) is 17.9 Å². The van der Waals surface area contributed by atoms with E-state index in [1.54, 1.807) is 30.4 Å². The maximum absolute atomic E-state index is 11.9. The van der Waals surface area contributed by atoms with Crippen LogP contribution in [0, 0.1) is 0 Å². The van der Waals surface area contributed by atoms with Crippen LogP contribution in [0.4, 0.5) is 11.4 Å². The van der Waals surface area contributed by atoms with Crippen molar-refractivity contribution in [2.45, 2.75) is 26.3 Å². The number of esters is 1. The second kappa shape index (κ2) is 7.13. The number of anilines is 2. The van der Waals surface area contributed by atoms with E-state index in [2.05, 4.69) is 23.7 Å². The van der Waals surface area contributed by atoms with Crippen molar-refractivity contribution in [2.75, 3.05) is 17.7 Å². The number of hydrogen-bond donors (Lipinski definition) is 2. The molecule has 2 aromatic rings. The Bertz CT molecular complexity index is 596. The first-order valence-corrected chi connectivity index (χ1v) is 7.90. The highest BCUT2D eigenvalue weighted by atomic mass is 32.1. The van der Waals surface area contributed by atoms with Crippen LogP contribution in [0.3, 0.4) is 0 Å². The van der Waals surface area contributed by atoms with Crippen molar-refractivity contribution in [1.29, 1.82) is 0 Å². The fraction of sp³-hybridized carbons (Fsp3) is 0.312. The molecular formula is C16H20N2O2S. The Kier molecular flexibility index (Phi) is 5.22. The molecule has 0 aliphatic rings. The number of nitrogen functional groups attached to an aromatic ring is 1. The molecule has 1 unspecified atom stereocenters. The van der Waals surface area contributed by atoms with Gasteiger partial charge in [0.2, 0.25) is 0 Å². The minimum absolute atomic E-state index is 0.226. The van der Waals surface area contributed by atoms with E-state index in [9.17, 15) is 4.79 Å². The Morgan fingerprint density at radius 2 is 2.19 bits per heavy atom. The molecule has 0 amide bonds. The van der Waals surface area contributed by atoms with Crippen molar-refractivity contribution >= 4 is 28.7 Å². The van der Waals surface area contributed by atoms with Gasteiger partial charge in [-0.3, -0.25) is 0 Å². The molecule has 112 valence electrons. The summed E-state index contributed by atoms with van der Waals surface area (Å²) in [6, 6.07) is 9.74. The molecule has 0 aliphatic heterocycles. The summed E-state index contributed by atoms with van der Waals surface area (Å²) in [4.78, 5) is 13.1. The lowest BCUT2D eigenvalue weighted by Crippen LogP contribution is -2.11. The van der Waals surface area contributed by atoms with Gasteiger partial charge in [-0.15, -0.1) is 11.3 Å². The molecule has 0 bridgehead atoms. The minimum Gasteiger partial charge on any atom is -0.462 e. The third kappa shape index (κ3) is 3.76. The van der Waals surface area contributed by atoms with Gasteiger partial charge >= 0.3 is 5.97 Å². The van der Waals surface area contributed by atoms with Gasteiger partial charge in [0.25, 0.3) is 0 Å². The molecular weight excluding hydrogens is 284 g/mol. The smallest absolute Gasteiger partial charge is 0.340 e. The number of nitrogens with one attached hydrogen (secondary N) is 1. The first kappa shape index (κ1) is 15.4. The lowest BCUT2D eigenvalue weighted by molar-refractivity contribution is 0.0527. The summed E-state index contributed by atoms with van der Waals surface area (Å²) >= 11 is 1.72. The number of ether oxygens (including phenoxy) is 1. The van der Waals surface area contributed by atoms with Crippen LogP contribution in [-0.2, 0) is 4.74 Å². The van der Waals surface area contributed by atoms with Crippen molar-refractivity contribution < 1.29 is 9.53 Å². The van der Waals surface area contributed by atoms with Gasteiger partial charge in [-0.05, 0) is 43.0 Å². The van der Waals surface area contributed by atoms with Crippen LogP contribution in [0.1, 0.15) is 41.5 Å². The quantitative estimate of drug-likeness (QED) is 0.623. The zero-order valence-electron chi connectivity index (χ0n) is 12.3. The third-order valence-corrected chi connectivity index (χ3v) is 4.17. The van der Waals surface area contributed by atoms with E-state index in [0.717, 1.165) is 12.1 Å². The molecule has 1 heterocycles. The van der Waals surface area contributed by atoms with Crippen LogP contribution in [0.2, 0.25) is 0 Å². The number of thiophene rings is 1. The predicted octanol–water partition coefficient (Wildman–Crippen LogP) is 4.07. The number of benzene rings is 1. The Morgan fingerprint density at radius 1 is 1.38 bits per heavy atom. The van der Waals surface area contributed by atoms with Crippen LogP contribution in [0.5, 0.6) is 0 Å². The summed E-state index contributed by atoms with van der Waals surface area (Å²) in [5, 5.41) is 5.50. The molecule has 4 nitrogen and oxygen atoms in total. The molecule has 0 spiro atoms. The second-order valence-electron chi connectivity index (χ2n) is 4.64. The van der Waals surface area contributed by atoms with Crippen molar-refractivity contribution in [3.05, 3.63) is 46.2 Å². The summed E-state index contributed by atoms with van der Waals surface area (Å²) < 4.78 is 5.02. The van der Waals surface area contributed by atoms with Crippen LogP contribution >= 0.6 is 11.3 Å². The highest BCUT2D eigenvalue weighted by Crippen LogP contribution is 2.28. The van der Waals surface area contributed by atoms with Crippen molar-refractivity contribution in [3.63, 3.8) is 0 Å². The molecule has 3 N–H and O–H groups in total. The van der Waals surface area contributed by atoms with Gasteiger partial charge in [0, 0.05) is 16.3 Å². The summed E-state index contributed by atoms with van der Waals surface area (Å²) in [5.41, 5.74) is 7.56. The summed E-state index contributed by atoms with van der Waals surface area (Å²) in [7, 11) is 0. The fourth-order valence-electron chi connectivity index (χ4n) is 2.10. The maximum atomic E-state index is 11.9. The molecule has 0 aliphatic carbocycles. The van der Waals surface area contributed by atoms with E-state index in [1.165, 1.54) is 4.88 Å². The van der Waals surface area contributed by atoms with Gasteiger partial charge in [-0.25, -0.2) is 4.79 Å². The average molecular weight is 304 g/mol. The average Bonchev–Trinajstić information content (AvgIpc) is 3.00. The molecule has 1 aromatic carbocycles. The second-order valence-corrected chi connectivity index (χ2v) is 5.62. The summed E-state index contributed by atoms with van der Waals surface area (Å²) in [5.74, 6) is -0.386. The monoisotopic (exact) mass is 304 g/mol. The first-order valence-electron chi connectivity index (χ1n) is 7.02. The lowest BCUT2D eigenvalue weighted by atomic mass is 10.1. The normalized spacial score (nSPS) is 11.9. The van der Waals surface area contributed by atoms with E-state index in [-0.39, 0.29) is 12.0 Å². The minimum atomic E-state index is -0.386. The van der Waals surface area contributed by atoms with E-state index >= 15 is 0 Å². The Hall–Kier alpha value is -2.01.